The standard InChI is InChI=1S/C14H11ClN2O6S/c15-11-3-2-10(17(18)19)6-14(11)24(20,21)16-7-9-1-4-12-13(5-9)23-8-22-12/h1-6,16H,7-8H2. The third-order valence-electron chi connectivity index (χ3n) is 3.32. The quantitative estimate of drug-likeness (QED) is 0.639. The summed E-state index contributed by atoms with van der Waals surface area (Å²) >= 11 is 5.87. The lowest BCUT2D eigenvalue weighted by molar-refractivity contribution is -0.385. The van der Waals surface area contributed by atoms with Crippen LogP contribution in [0.25, 0.3) is 0 Å². The highest BCUT2D eigenvalue weighted by molar-refractivity contribution is 7.89. The van der Waals surface area contributed by atoms with Gasteiger partial charge in [-0.1, -0.05) is 17.7 Å². The number of ether oxygens (including phenoxy) is 2. The summed E-state index contributed by atoms with van der Waals surface area (Å²) in [6.07, 6.45) is 0. The number of non-ortho nitro benzene ring substituents is 1. The molecule has 2 aromatic rings. The van der Waals surface area contributed by atoms with Gasteiger partial charge in [-0.05, 0) is 23.8 Å². The molecule has 1 aliphatic heterocycles. The highest BCUT2D eigenvalue weighted by Crippen LogP contribution is 2.32. The van der Waals surface area contributed by atoms with Crippen molar-refractivity contribution in [3.8, 4) is 11.5 Å². The summed E-state index contributed by atoms with van der Waals surface area (Å²) in [4.78, 5) is 9.77. The van der Waals surface area contributed by atoms with E-state index in [1.165, 1.54) is 6.07 Å². The average molecular weight is 371 g/mol. The molecule has 0 unspecified atom stereocenters. The first-order valence-corrected chi connectivity index (χ1v) is 8.55. The van der Waals surface area contributed by atoms with Gasteiger partial charge in [0.05, 0.1) is 9.95 Å². The lowest BCUT2D eigenvalue weighted by atomic mass is 10.2. The Morgan fingerprint density at radius 1 is 1.17 bits per heavy atom. The Morgan fingerprint density at radius 3 is 2.67 bits per heavy atom. The van der Waals surface area contributed by atoms with Gasteiger partial charge >= 0.3 is 0 Å². The van der Waals surface area contributed by atoms with E-state index in [4.69, 9.17) is 21.1 Å². The molecule has 0 radical (unpaired) electrons. The second kappa shape index (κ2) is 6.27. The molecule has 0 fully saturated rings. The summed E-state index contributed by atoms with van der Waals surface area (Å²) in [6.45, 7) is 0.0891. The predicted molar refractivity (Wildman–Crippen MR) is 84.7 cm³/mol. The molecule has 0 atom stereocenters. The number of halogens is 1. The molecule has 24 heavy (non-hydrogen) atoms. The van der Waals surface area contributed by atoms with E-state index in [9.17, 15) is 18.5 Å². The second-order valence-electron chi connectivity index (χ2n) is 4.88. The number of rotatable bonds is 5. The summed E-state index contributed by atoms with van der Waals surface area (Å²) in [5, 5.41) is 10.7. The van der Waals surface area contributed by atoms with E-state index < -0.39 is 14.9 Å². The van der Waals surface area contributed by atoms with E-state index in [-0.39, 0.29) is 28.9 Å². The number of nitro groups is 1. The zero-order valence-electron chi connectivity index (χ0n) is 12.1. The van der Waals surface area contributed by atoms with Crippen LogP contribution in [0.5, 0.6) is 11.5 Å². The Bertz CT molecular complexity index is 915. The van der Waals surface area contributed by atoms with Crippen molar-refractivity contribution in [1.82, 2.24) is 4.72 Å². The number of fused-ring (bicyclic) bond motifs is 1. The van der Waals surface area contributed by atoms with Crippen molar-refractivity contribution in [2.24, 2.45) is 0 Å². The normalized spacial score (nSPS) is 13.0. The fraction of sp³-hybridized carbons (Fsp3) is 0.143. The van der Waals surface area contributed by atoms with Gasteiger partial charge in [0.15, 0.2) is 11.5 Å². The van der Waals surface area contributed by atoms with E-state index in [0.717, 1.165) is 12.1 Å². The lowest BCUT2D eigenvalue weighted by Gasteiger charge is -2.09. The zero-order valence-corrected chi connectivity index (χ0v) is 13.6. The van der Waals surface area contributed by atoms with Crippen molar-refractivity contribution < 1.29 is 22.8 Å². The first-order valence-electron chi connectivity index (χ1n) is 6.69. The predicted octanol–water partition coefficient (Wildman–Crippen LogP) is 2.46. The molecule has 0 aromatic heterocycles. The zero-order chi connectivity index (χ0) is 17.3. The first-order chi connectivity index (χ1) is 11.4. The number of hydrogen-bond donors (Lipinski definition) is 1. The molecule has 1 aliphatic rings. The van der Waals surface area contributed by atoms with E-state index in [1.807, 2.05) is 0 Å². The number of benzene rings is 2. The van der Waals surface area contributed by atoms with Gasteiger partial charge in [-0.25, -0.2) is 13.1 Å². The third-order valence-corrected chi connectivity index (χ3v) is 5.20. The van der Waals surface area contributed by atoms with Gasteiger partial charge in [-0.3, -0.25) is 10.1 Å². The summed E-state index contributed by atoms with van der Waals surface area (Å²) in [5.41, 5.74) is 0.284. The van der Waals surface area contributed by atoms with E-state index in [0.29, 0.717) is 17.1 Å². The number of sulfonamides is 1. The molecule has 2 aromatic carbocycles. The minimum absolute atomic E-state index is 0.0298. The van der Waals surface area contributed by atoms with Gasteiger partial charge in [0.1, 0.15) is 4.90 Å². The Labute approximate surface area is 142 Å². The number of hydrogen-bond acceptors (Lipinski definition) is 6. The molecule has 0 amide bonds. The third kappa shape index (κ3) is 3.28. The van der Waals surface area contributed by atoms with Gasteiger partial charge in [0, 0.05) is 18.7 Å². The Balaban J connectivity index is 1.81. The van der Waals surface area contributed by atoms with Crippen molar-refractivity contribution >= 4 is 27.3 Å². The lowest BCUT2D eigenvalue weighted by Crippen LogP contribution is -2.23. The monoisotopic (exact) mass is 370 g/mol. The molecular formula is C14H11ClN2O6S. The molecular weight excluding hydrogens is 360 g/mol. The van der Waals surface area contributed by atoms with Crippen molar-refractivity contribution in [2.45, 2.75) is 11.4 Å². The van der Waals surface area contributed by atoms with Crippen LogP contribution in [0.1, 0.15) is 5.56 Å². The maximum Gasteiger partial charge on any atom is 0.270 e. The van der Waals surface area contributed by atoms with Crippen molar-refractivity contribution in [1.29, 1.82) is 0 Å². The number of nitrogens with one attached hydrogen (secondary N) is 1. The summed E-state index contributed by atoms with van der Waals surface area (Å²) in [7, 11) is -4.02. The Kier molecular flexibility index (Phi) is 4.31. The van der Waals surface area contributed by atoms with Gasteiger partial charge in [0.25, 0.3) is 5.69 Å². The van der Waals surface area contributed by atoms with Crippen LogP contribution in [0.2, 0.25) is 5.02 Å². The largest absolute Gasteiger partial charge is 0.454 e. The van der Waals surface area contributed by atoms with Gasteiger partial charge < -0.3 is 9.47 Å². The van der Waals surface area contributed by atoms with E-state index in [2.05, 4.69) is 4.72 Å². The molecule has 8 nitrogen and oxygen atoms in total. The Hall–Kier alpha value is -2.36. The highest BCUT2D eigenvalue weighted by atomic mass is 35.5. The van der Waals surface area contributed by atoms with Crippen LogP contribution in [0.15, 0.2) is 41.3 Å². The molecule has 1 heterocycles. The maximum atomic E-state index is 12.4. The molecule has 10 heteroatoms. The van der Waals surface area contributed by atoms with Crippen LogP contribution in [0, 0.1) is 10.1 Å². The van der Waals surface area contributed by atoms with Crippen LogP contribution >= 0.6 is 11.6 Å². The van der Waals surface area contributed by atoms with Crippen molar-refractivity contribution in [2.75, 3.05) is 6.79 Å². The van der Waals surface area contributed by atoms with Crippen molar-refractivity contribution in [3.63, 3.8) is 0 Å². The molecule has 126 valence electrons. The van der Waals surface area contributed by atoms with Gasteiger partial charge in [-0.2, -0.15) is 0 Å². The molecule has 0 saturated heterocycles. The summed E-state index contributed by atoms with van der Waals surface area (Å²) in [6, 6.07) is 8.25. The minimum Gasteiger partial charge on any atom is -0.454 e. The van der Waals surface area contributed by atoms with Crippen LogP contribution in [0.4, 0.5) is 5.69 Å². The summed E-state index contributed by atoms with van der Waals surface area (Å²) < 4.78 is 37.5. The highest BCUT2D eigenvalue weighted by Gasteiger charge is 2.22. The molecule has 3 rings (SSSR count). The van der Waals surface area contributed by atoms with Crippen LogP contribution < -0.4 is 14.2 Å². The smallest absolute Gasteiger partial charge is 0.270 e. The maximum absolute atomic E-state index is 12.4. The average Bonchev–Trinajstić information content (AvgIpc) is 3.00. The fourth-order valence-corrected chi connectivity index (χ4v) is 3.65. The van der Waals surface area contributed by atoms with Crippen molar-refractivity contribution in [3.05, 3.63) is 57.1 Å². The van der Waals surface area contributed by atoms with Gasteiger partial charge in [-0.15, -0.1) is 0 Å². The van der Waals surface area contributed by atoms with Crippen LogP contribution in [0.3, 0.4) is 0 Å². The van der Waals surface area contributed by atoms with Crippen LogP contribution in [-0.2, 0) is 16.6 Å². The second-order valence-corrected chi connectivity index (χ2v) is 7.03. The SMILES string of the molecule is O=[N+]([O-])c1ccc(Cl)c(S(=O)(=O)NCc2ccc3c(c2)OCO3)c1. The molecule has 0 saturated carbocycles. The van der Waals surface area contributed by atoms with E-state index in [1.54, 1.807) is 18.2 Å². The first kappa shape index (κ1) is 16.5. The molecule has 0 spiro atoms. The minimum atomic E-state index is -4.02. The van der Waals surface area contributed by atoms with E-state index >= 15 is 0 Å². The molecule has 0 aliphatic carbocycles. The number of nitrogens with zero attached hydrogens (tertiary/aromatic N) is 1. The fourth-order valence-electron chi connectivity index (χ4n) is 2.12. The van der Waals surface area contributed by atoms with Crippen LogP contribution in [-0.4, -0.2) is 20.1 Å². The topological polar surface area (TPSA) is 108 Å². The molecule has 1 N–H and O–H groups in total. The molecule has 0 bridgehead atoms. The van der Waals surface area contributed by atoms with Gasteiger partial charge in [0.2, 0.25) is 16.8 Å². The summed E-state index contributed by atoms with van der Waals surface area (Å²) in [5.74, 6) is 1.11. The Morgan fingerprint density at radius 2 is 1.92 bits per heavy atom. The number of nitro benzene ring substituents is 1.